The highest BCUT2D eigenvalue weighted by Crippen LogP contribution is 2.26. The molecule has 1 aromatic carbocycles. The maximum absolute atomic E-state index is 13.2. The summed E-state index contributed by atoms with van der Waals surface area (Å²) in [7, 11) is 3.00. The number of rotatable bonds is 4. The van der Waals surface area contributed by atoms with E-state index in [9.17, 15) is 9.59 Å². The summed E-state index contributed by atoms with van der Waals surface area (Å²) >= 11 is 0. The molecule has 2 aromatic rings. The first-order valence-electron chi connectivity index (χ1n) is 9.20. The summed E-state index contributed by atoms with van der Waals surface area (Å²) in [5.74, 6) is 0.330. The fraction of sp³-hybridized carbons (Fsp3) is 0.429. The maximum atomic E-state index is 13.2. The van der Waals surface area contributed by atoms with E-state index in [-0.39, 0.29) is 11.9 Å². The first kappa shape index (κ1) is 19.0. The van der Waals surface area contributed by atoms with Crippen molar-refractivity contribution < 1.29 is 19.1 Å². The minimum atomic E-state index is -0.500. The number of hydrogen-bond acceptors (Lipinski definition) is 4. The standard InChI is InChI=1S/C21H26N2O4/c1-14-13-18(15(2)23(14)16-8-10-17(26-3)11-9-16)20(24)22-12-6-5-7-19(22)21(25)27-4/h8-11,13,19H,5-7,12H2,1-4H3. The van der Waals surface area contributed by atoms with E-state index in [0.29, 0.717) is 18.5 Å². The summed E-state index contributed by atoms with van der Waals surface area (Å²) in [5.41, 5.74) is 3.41. The van der Waals surface area contributed by atoms with E-state index in [1.165, 1.54) is 7.11 Å². The van der Waals surface area contributed by atoms with Gasteiger partial charge < -0.3 is 18.9 Å². The monoisotopic (exact) mass is 370 g/mol. The van der Waals surface area contributed by atoms with Crippen LogP contribution in [0.1, 0.15) is 41.0 Å². The van der Waals surface area contributed by atoms with Gasteiger partial charge in [-0.25, -0.2) is 4.79 Å². The Morgan fingerprint density at radius 1 is 1.07 bits per heavy atom. The van der Waals surface area contributed by atoms with Crippen LogP contribution in [0.3, 0.4) is 0 Å². The molecule has 1 aromatic heterocycles. The van der Waals surface area contributed by atoms with Gasteiger partial charge in [-0.15, -0.1) is 0 Å². The molecule has 0 N–H and O–H groups in total. The molecule has 1 unspecified atom stereocenters. The van der Waals surface area contributed by atoms with Crippen molar-refractivity contribution in [3.8, 4) is 11.4 Å². The number of aryl methyl sites for hydroxylation is 1. The van der Waals surface area contributed by atoms with Gasteiger partial charge in [-0.3, -0.25) is 4.79 Å². The number of amides is 1. The van der Waals surface area contributed by atoms with E-state index < -0.39 is 6.04 Å². The third-order valence-electron chi connectivity index (χ3n) is 5.23. The van der Waals surface area contributed by atoms with Gasteiger partial charge in [0.1, 0.15) is 11.8 Å². The lowest BCUT2D eigenvalue weighted by Gasteiger charge is -2.33. The summed E-state index contributed by atoms with van der Waals surface area (Å²) in [4.78, 5) is 27.0. The normalized spacial score (nSPS) is 16.9. The predicted octanol–water partition coefficient (Wildman–Crippen LogP) is 3.27. The minimum Gasteiger partial charge on any atom is -0.497 e. The zero-order valence-electron chi connectivity index (χ0n) is 16.3. The van der Waals surface area contributed by atoms with Crippen molar-refractivity contribution in [1.82, 2.24) is 9.47 Å². The van der Waals surface area contributed by atoms with Gasteiger partial charge in [-0.1, -0.05) is 0 Å². The lowest BCUT2D eigenvalue weighted by molar-refractivity contribution is -0.147. The SMILES string of the molecule is COC(=O)C1CCCCN1C(=O)c1cc(C)n(-c2ccc(OC)cc2)c1C. The number of hydrogen-bond donors (Lipinski definition) is 0. The number of carbonyl (C=O) groups excluding carboxylic acids is 2. The summed E-state index contributed by atoms with van der Waals surface area (Å²) in [6.45, 7) is 4.48. The van der Waals surface area contributed by atoms with E-state index in [1.54, 1.807) is 12.0 Å². The van der Waals surface area contributed by atoms with Crippen molar-refractivity contribution in [3.05, 3.63) is 47.3 Å². The lowest BCUT2D eigenvalue weighted by Crippen LogP contribution is -2.48. The number of piperidine rings is 1. The number of ether oxygens (including phenoxy) is 2. The highest BCUT2D eigenvalue weighted by Gasteiger charge is 2.34. The third kappa shape index (κ3) is 3.56. The molecule has 1 aliphatic rings. The molecule has 1 saturated heterocycles. The number of nitrogens with zero attached hydrogens (tertiary/aromatic N) is 2. The molecule has 0 radical (unpaired) electrons. The van der Waals surface area contributed by atoms with Gasteiger partial charge in [-0.05, 0) is 63.4 Å². The van der Waals surface area contributed by atoms with Crippen molar-refractivity contribution in [1.29, 1.82) is 0 Å². The Bertz CT molecular complexity index is 839. The van der Waals surface area contributed by atoms with Gasteiger partial charge in [-0.2, -0.15) is 0 Å². The average Bonchev–Trinajstić information content (AvgIpc) is 3.01. The zero-order valence-corrected chi connectivity index (χ0v) is 16.3. The number of aromatic nitrogens is 1. The molecule has 144 valence electrons. The highest BCUT2D eigenvalue weighted by molar-refractivity contribution is 5.98. The van der Waals surface area contributed by atoms with Gasteiger partial charge in [0.15, 0.2) is 0 Å². The largest absolute Gasteiger partial charge is 0.497 e. The van der Waals surface area contributed by atoms with Crippen LogP contribution in [0.15, 0.2) is 30.3 Å². The fourth-order valence-corrected chi connectivity index (χ4v) is 3.82. The van der Waals surface area contributed by atoms with Crippen molar-refractivity contribution >= 4 is 11.9 Å². The summed E-state index contributed by atoms with van der Waals surface area (Å²) < 4.78 is 12.2. The third-order valence-corrected chi connectivity index (χ3v) is 5.23. The molecule has 1 aliphatic heterocycles. The molecule has 6 nitrogen and oxygen atoms in total. The molecule has 0 spiro atoms. The van der Waals surface area contributed by atoms with E-state index in [4.69, 9.17) is 9.47 Å². The summed E-state index contributed by atoms with van der Waals surface area (Å²) in [5, 5.41) is 0. The Morgan fingerprint density at radius 2 is 1.78 bits per heavy atom. The van der Waals surface area contributed by atoms with Crippen LogP contribution in [0.2, 0.25) is 0 Å². The predicted molar refractivity (Wildman–Crippen MR) is 102 cm³/mol. The maximum Gasteiger partial charge on any atom is 0.328 e. The lowest BCUT2D eigenvalue weighted by atomic mass is 10.0. The van der Waals surface area contributed by atoms with Crippen molar-refractivity contribution in [2.24, 2.45) is 0 Å². The molecule has 1 amide bonds. The van der Waals surface area contributed by atoms with Gasteiger partial charge >= 0.3 is 5.97 Å². The smallest absolute Gasteiger partial charge is 0.328 e. The summed E-state index contributed by atoms with van der Waals surface area (Å²) in [6, 6.07) is 9.11. The van der Waals surface area contributed by atoms with Crippen molar-refractivity contribution in [2.75, 3.05) is 20.8 Å². The van der Waals surface area contributed by atoms with Crippen LogP contribution in [-0.2, 0) is 9.53 Å². The number of methoxy groups -OCH3 is 2. The van der Waals surface area contributed by atoms with E-state index in [0.717, 1.165) is 35.7 Å². The van der Waals surface area contributed by atoms with Crippen LogP contribution in [0.5, 0.6) is 5.75 Å². The molecule has 0 bridgehead atoms. The zero-order chi connectivity index (χ0) is 19.6. The quantitative estimate of drug-likeness (QED) is 0.775. The van der Waals surface area contributed by atoms with Crippen LogP contribution >= 0.6 is 0 Å². The second kappa shape index (κ2) is 7.86. The Labute approximate surface area is 159 Å². The van der Waals surface area contributed by atoms with Gasteiger partial charge in [0.05, 0.1) is 19.8 Å². The average molecular weight is 370 g/mol. The Kier molecular flexibility index (Phi) is 5.54. The van der Waals surface area contributed by atoms with Crippen LogP contribution in [-0.4, -0.2) is 48.1 Å². The van der Waals surface area contributed by atoms with E-state index in [2.05, 4.69) is 0 Å². The van der Waals surface area contributed by atoms with Gasteiger partial charge in [0.25, 0.3) is 5.91 Å². The van der Waals surface area contributed by atoms with E-state index in [1.807, 2.05) is 48.7 Å². The Balaban J connectivity index is 1.94. The van der Waals surface area contributed by atoms with Crippen molar-refractivity contribution in [3.63, 3.8) is 0 Å². The molecule has 0 aliphatic carbocycles. The molecule has 27 heavy (non-hydrogen) atoms. The highest BCUT2D eigenvalue weighted by atomic mass is 16.5. The molecule has 2 heterocycles. The first-order chi connectivity index (χ1) is 13.0. The van der Waals surface area contributed by atoms with E-state index >= 15 is 0 Å². The number of likely N-dealkylation sites (tertiary alicyclic amines) is 1. The van der Waals surface area contributed by atoms with Crippen LogP contribution in [0.4, 0.5) is 0 Å². The van der Waals surface area contributed by atoms with Crippen molar-refractivity contribution in [2.45, 2.75) is 39.2 Å². The Hall–Kier alpha value is -2.76. The first-order valence-corrected chi connectivity index (χ1v) is 9.20. The molecule has 3 rings (SSSR count). The Morgan fingerprint density at radius 3 is 2.41 bits per heavy atom. The van der Waals surface area contributed by atoms with Gasteiger partial charge in [0, 0.05) is 23.6 Å². The van der Waals surface area contributed by atoms with Crippen LogP contribution < -0.4 is 4.74 Å². The molecule has 0 saturated carbocycles. The topological polar surface area (TPSA) is 60.8 Å². The second-order valence-electron chi connectivity index (χ2n) is 6.85. The minimum absolute atomic E-state index is 0.113. The van der Waals surface area contributed by atoms with Crippen LogP contribution in [0, 0.1) is 13.8 Å². The molecule has 1 fully saturated rings. The number of benzene rings is 1. The number of esters is 1. The fourth-order valence-electron chi connectivity index (χ4n) is 3.82. The molecular weight excluding hydrogens is 344 g/mol. The molecule has 1 atom stereocenters. The second-order valence-corrected chi connectivity index (χ2v) is 6.85. The molecule has 6 heteroatoms. The molecular formula is C21H26N2O4. The summed E-state index contributed by atoms with van der Waals surface area (Å²) in [6.07, 6.45) is 2.47. The number of carbonyl (C=O) groups is 2. The van der Waals surface area contributed by atoms with Gasteiger partial charge in [0.2, 0.25) is 0 Å². The van der Waals surface area contributed by atoms with Crippen LogP contribution in [0.25, 0.3) is 5.69 Å².